The Labute approximate surface area is 207 Å². The minimum absolute atomic E-state index is 0.00416. The number of hydrogen-bond donors (Lipinski definition) is 4. The van der Waals surface area contributed by atoms with Crippen LogP contribution in [0.25, 0.3) is 0 Å². The molecule has 0 aliphatic heterocycles. The molecule has 0 fully saturated rings. The zero-order chi connectivity index (χ0) is 25.8. The molecule has 9 nitrogen and oxygen atoms in total. The maximum Gasteiger partial charge on any atom is 0.276 e. The molecule has 1 heterocycles. The first kappa shape index (κ1) is 25.9. The Morgan fingerprint density at radius 3 is 2.17 bits per heavy atom. The quantitative estimate of drug-likeness (QED) is 0.375. The Balaban J connectivity index is 1.63. The van der Waals surface area contributed by atoms with Crippen LogP contribution in [0.1, 0.15) is 45.2 Å². The van der Waals surface area contributed by atoms with Gasteiger partial charge in [0.15, 0.2) is 5.69 Å². The van der Waals surface area contributed by atoms with Gasteiger partial charge in [-0.15, -0.1) is 0 Å². The molecular formula is C24H26ClFN6O3. The molecule has 184 valence electrons. The highest BCUT2D eigenvalue weighted by molar-refractivity contribution is 6.34. The molecule has 0 bridgehead atoms. The summed E-state index contributed by atoms with van der Waals surface area (Å²) in [5.41, 5.74) is 0.721. The zero-order valence-electron chi connectivity index (χ0n) is 19.7. The van der Waals surface area contributed by atoms with Crippen LogP contribution in [-0.4, -0.2) is 58.8 Å². The van der Waals surface area contributed by atoms with Gasteiger partial charge in [-0.3, -0.25) is 14.4 Å². The summed E-state index contributed by atoms with van der Waals surface area (Å²) in [5, 5.41) is 8.13. The van der Waals surface area contributed by atoms with Crippen molar-refractivity contribution in [2.24, 2.45) is 0 Å². The van der Waals surface area contributed by atoms with E-state index in [1.165, 1.54) is 12.4 Å². The van der Waals surface area contributed by atoms with E-state index in [9.17, 15) is 18.8 Å². The van der Waals surface area contributed by atoms with E-state index in [-0.39, 0.29) is 27.5 Å². The molecule has 4 N–H and O–H groups in total. The Morgan fingerprint density at radius 2 is 1.60 bits per heavy atom. The van der Waals surface area contributed by atoms with E-state index in [2.05, 4.69) is 25.9 Å². The molecule has 0 unspecified atom stereocenters. The van der Waals surface area contributed by atoms with E-state index in [1.807, 2.05) is 32.8 Å². The minimum Gasteiger partial charge on any atom is -0.349 e. The van der Waals surface area contributed by atoms with Gasteiger partial charge in [0.05, 0.1) is 16.9 Å². The molecule has 1 aromatic heterocycles. The molecular weight excluding hydrogens is 475 g/mol. The van der Waals surface area contributed by atoms with Crippen LogP contribution in [0, 0.1) is 5.82 Å². The van der Waals surface area contributed by atoms with Crippen LogP contribution < -0.4 is 16.0 Å². The Bertz CT molecular complexity index is 1240. The van der Waals surface area contributed by atoms with E-state index in [0.29, 0.717) is 17.9 Å². The van der Waals surface area contributed by atoms with Gasteiger partial charge in [0.2, 0.25) is 0 Å². The van der Waals surface area contributed by atoms with Gasteiger partial charge >= 0.3 is 0 Å². The average Bonchev–Trinajstić information content (AvgIpc) is 3.29. The number of H-pyrrole nitrogens is 1. The number of benzene rings is 2. The van der Waals surface area contributed by atoms with Crippen LogP contribution in [-0.2, 0) is 0 Å². The van der Waals surface area contributed by atoms with E-state index >= 15 is 0 Å². The second-order valence-corrected chi connectivity index (χ2v) is 9.03. The molecule has 3 rings (SSSR count). The standard InChI is InChI=1S/C24H26ClFN6O3/c1-24(2,32(3)4)12-27-22(34)19-20(29-13-28-19)23(35)31-16-8-6-15(7-9-16)30-21(33)17-10-5-14(26)11-18(17)25/h5-11,13H,12H2,1-4H3,(H,27,34)(H,28,29)(H,30,33)(H,31,35). The molecule has 0 saturated heterocycles. The van der Waals surface area contributed by atoms with Gasteiger partial charge in [0, 0.05) is 23.5 Å². The second-order valence-electron chi connectivity index (χ2n) is 8.63. The number of hydrogen-bond acceptors (Lipinski definition) is 5. The predicted molar refractivity (Wildman–Crippen MR) is 132 cm³/mol. The fourth-order valence-electron chi connectivity index (χ4n) is 2.88. The lowest BCUT2D eigenvalue weighted by Gasteiger charge is -2.32. The third-order valence-corrected chi connectivity index (χ3v) is 5.86. The highest BCUT2D eigenvalue weighted by atomic mass is 35.5. The van der Waals surface area contributed by atoms with E-state index in [4.69, 9.17) is 11.6 Å². The maximum absolute atomic E-state index is 13.2. The highest BCUT2D eigenvalue weighted by Crippen LogP contribution is 2.20. The van der Waals surface area contributed by atoms with Crippen molar-refractivity contribution in [3.63, 3.8) is 0 Å². The van der Waals surface area contributed by atoms with Crippen LogP contribution in [0.15, 0.2) is 48.8 Å². The first-order valence-corrected chi connectivity index (χ1v) is 11.0. The normalized spacial score (nSPS) is 11.3. The number of halogens is 2. The largest absolute Gasteiger partial charge is 0.349 e. The summed E-state index contributed by atoms with van der Waals surface area (Å²) >= 11 is 5.93. The lowest BCUT2D eigenvalue weighted by molar-refractivity contribution is 0.0905. The number of nitrogens with zero attached hydrogens (tertiary/aromatic N) is 2. The number of anilines is 2. The summed E-state index contributed by atoms with van der Waals surface area (Å²) in [7, 11) is 3.83. The third kappa shape index (κ3) is 6.43. The van der Waals surface area contributed by atoms with E-state index < -0.39 is 23.5 Å². The van der Waals surface area contributed by atoms with Crippen molar-refractivity contribution in [3.05, 3.63) is 76.6 Å². The van der Waals surface area contributed by atoms with Gasteiger partial charge < -0.3 is 25.8 Å². The molecule has 0 spiro atoms. The summed E-state index contributed by atoms with van der Waals surface area (Å²) in [6.07, 6.45) is 1.28. The third-order valence-electron chi connectivity index (χ3n) is 5.55. The van der Waals surface area contributed by atoms with Crippen LogP contribution in [0.4, 0.5) is 15.8 Å². The summed E-state index contributed by atoms with van der Waals surface area (Å²) in [6, 6.07) is 9.80. The molecule has 0 aliphatic rings. The highest BCUT2D eigenvalue weighted by Gasteiger charge is 2.25. The van der Waals surface area contributed by atoms with Crippen molar-refractivity contribution in [2.75, 3.05) is 31.3 Å². The molecule has 0 aliphatic carbocycles. The molecule has 0 atom stereocenters. The first-order chi connectivity index (χ1) is 16.5. The number of carbonyl (C=O) groups excluding carboxylic acids is 3. The van der Waals surface area contributed by atoms with Crippen LogP contribution in [0.3, 0.4) is 0 Å². The van der Waals surface area contributed by atoms with Crippen molar-refractivity contribution in [1.29, 1.82) is 0 Å². The van der Waals surface area contributed by atoms with Crippen LogP contribution in [0.5, 0.6) is 0 Å². The molecule has 2 aromatic carbocycles. The number of amides is 3. The number of rotatable bonds is 8. The summed E-state index contributed by atoms with van der Waals surface area (Å²) in [5.74, 6) is -2.06. The van der Waals surface area contributed by atoms with Crippen LogP contribution >= 0.6 is 11.6 Å². The first-order valence-electron chi connectivity index (χ1n) is 10.6. The van der Waals surface area contributed by atoms with Gasteiger partial charge in [0.1, 0.15) is 11.5 Å². The van der Waals surface area contributed by atoms with Crippen molar-refractivity contribution in [1.82, 2.24) is 20.2 Å². The fourth-order valence-corrected chi connectivity index (χ4v) is 3.13. The fraction of sp³-hybridized carbons (Fsp3) is 0.250. The second kappa shape index (κ2) is 10.7. The van der Waals surface area contributed by atoms with Gasteiger partial charge in [-0.05, 0) is 70.4 Å². The van der Waals surface area contributed by atoms with E-state index in [1.54, 1.807) is 24.3 Å². The number of nitrogens with one attached hydrogen (secondary N) is 4. The summed E-state index contributed by atoms with van der Waals surface area (Å²) in [6.45, 7) is 4.33. The summed E-state index contributed by atoms with van der Waals surface area (Å²) < 4.78 is 13.2. The van der Waals surface area contributed by atoms with Crippen molar-refractivity contribution < 1.29 is 18.8 Å². The monoisotopic (exact) mass is 500 g/mol. The average molecular weight is 501 g/mol. The van der Waals surface area contributed by atoms with Crippen molar-refractivity contribution >= 4 is 40.7 Å². The number of aromatic amines is 1. The molecule has 0 saturated carbocycles. The van der Waals surface area contributed by atoms with Gasteiger partial charge in [-0.1, -0.05) is 11.6 Å². The number of aromatic nitrogens is 2. The van der Waals surface area contributed by atoms with Crippen LogP contribution in [0.2, 0.25) is 5.02 Å². The SMILES string of the molecule is CN(C)C(C)(C)CNC(=O)c1[nH]cnc1C(=O)Nc1ccc(NC(=O)c2ccc(F)cc2Cl)cc1. The van der Waals surface area contributed by atoms with Gasteiger partial charge in [-0.2, -0.15) is 0 Å². The number of likely N-dealkylation sites (N-methyl/N-ethyl adjacent to an activating group) is 1. The lowest BCUT2D eigenvalue weighted by atomic mass is 10.0. The van der Waals surface area contributed by atoms with Gasteiger partial charge in [-0.25, -0.2) is 9.37 Å². The minimum atomic E-state index is -0.571. The molecule has 35 heavy (non-hydrogen) atoms. The Morgan fingerprint density at radius 1 is 1.00 bits per heavy atom. The van der Waals surface area contributed by atoms with Crippen molar-refractivity contribution in [3.8, 4) is 0 Å². The van der Waals surface area contributed by atoms with Gasteiger partial charge in [0.25, 0.3) is 17.7 Å². The van der Waals surface area contributed by atoms with E-state index in [0.717, 1.165) is 12.1 Å². The van der Waals surface area contributed by atoms with Crippen molar-refractivity contribution in [2.45, 2.75) is 19.4 Å². The lowest BCUT2D eigenvalue weighted by Crippen LogP contribution is -2.48. The molecule has 11 heteroatoms. The Kier molecular flexibility index (Phi) is 7.88. The zero-order valence-corrected chi connectivity index (χ0v) is 20.5. The smallest absolute Gasteiger partial charge is 0.276 e. The topological polar surface area (TPSA) is 119 Å². The summed E-state index contributed by atoms with van der Waals surface area (Å²) in [4.78, 5) is 46.4. The molecule has 0 radical (unpaired) electrons. The maximum atomic E-state index is 13.2. The molecule has 3 aromatic rings. The predicted octanol–water partition coefficient (Wildman–Crippen LogP) is 3.78. The number of imidazole rings is 1. The Hall–Kier alpha value is -3.76. The molecule has 3 amide bonds. The number of carbonyl (C=O) groups is 3.